The van der Waals surface area contributed by atoms with Crippen molar-refractivity contribution in [2.24, 2.45) is 0 Å². The Bertz CT molecular complexity index is 540. The number of hydrogen-bond donors (Lipinski definition) is 2. The molecule has 3 amide bonds. The number of halogens is 2. The molecule has 0 bridgehead atoms. The Labute approximate surface area is 123 Å². The number of rotatable bonds is 5. The van der Waals surface area contributed by atoms with Crippen molar-refractivity contribution in [2.75, 3.05) is 13.7 Å². The average molecular weight is 318 g/mol. The summed E-state index contributed by atoms with van der Waals surface area (Å²) in [5.74, 6) is -4.44. The Morgan fingerprint density at radius 1 is 1.29 bits per heavy atom. The second-order valence-corrected chi connectivity index (χ2v) is 4.61. The van der Waals surface area contributed by atoms with E-state index in [1.54, 1.807) is 0 Å². The van der Waals surface area contributed by atoms with Crippen molar-refractivity contribution >= 4 is 29.7 Å². The second kappa shape index (κ2) is 8.20. The van der Waals surface area contributed by atoms with Crippen LogP contribution >= 0.6 is 11.8 Å². The van der Waals surface area contributed by atoms with E-state index in [4.69, 9.17) is 0 Å². The van der Waals surface area contributed by atoms with Crippen LogP contribution < -0.4 is 10.6 Å². The molecule has 0 saturated carbocycles. The standard InChI is InChI=1S/C12H12F2N2O4S/c1-15-12(19)16-9(17)6-20-10(18)7-4-2-3-5-8(7)21-11(13)14/h2-5,11H,6H2,1H3,(H2,15,16,17,19). The summed E-state index contributed by atoms with van der Waals surface area (Å²) in [5, 5.41) is 4.04. The first kappa shape index (κ1) is 16.9. The molecule has 0 unspecified atom stereocenters. The minimum atomic E-state index is -2.68. The molecule has 0 heterocycles. The third-order valence-electron chi connectivity index (χ3n) is 2.14. The number of benzene rings is 1. The largest absolute Gasteiger partial charge is 0.452 e. The van der Waals surface area contributed by atoms with Crippen LogP contribution in [0.1, 0.15) is 10.4 Å². The molecule has 0 aliphatic carbocycles. The van der Waals surface area contributed by atoms with Crippen molar-refractivity contribution < 1.29 is 27.9 Å². The number of thioether (sulfide) groups is 1. The number of imide groups is 1. The van der Waals surface area contributed by atoms with E-state index >= 15 is 0 Å². The SMILES string of the molecule is CNC(=O)NC(=O)COC(=O)c1ccccc1SC(F)F. The smallest absolute Gasteiger partial charge is 0.339 e. The van der Waals surface area contributed by atoms with E-state index in [0.29, 0.717) is 0 Å². The lowest BCUT2D eigenvalue weighted by Crippen LogP contribution is -2.39. The van der Waals surface area contributed by atoms with E-state index in [1.165, 1.54) is 31.3 Å². The Morgan fingerprint density at radius 3 is 2.57 bits per heavy atom. The highest BCUT2D eigenvalue weighted by Gasteiger charge is 2.17. The number of esters is 1. The predicted molar refractivity (Wildman–Crippen MR) is 71.2 cm³/mol. The van der Waals surface area contributed by atoms with Crippen molar-refractivity contribution in [3.63, 3.8) is 0 Å². The normalized spacial score (nSPS) is 10.1. The van der Waals surface area contributed by atoms with E-state index in [1.807, 2.05) is 5.32 Å². The maximum absolute atomic E-state index is 12.4. The lowest BCUT2D eigenvalue weighted by Gasteiger charge is -2.08. The summed E-state index contributed by atoms with van der Waals surface area (Å²) in [5.41, 5.74) is -0.0736. The molecule has 2 N–H and O–H groups in total. The van der Waals surface area contributed by atoms with Crippen molar-refractivity contribution in [1.82, 2.24) is 10.6 Å². The maximum atomic E-state index is 12.4. The summed E-state index contributed by atoms with van der Waals surface area (Å²) in [7, 11) is 1.31. The van der Waals surface area contributed by atoms with Crippen molar-refractivity contribution in [2.45, 2.75) is 10.7 Å². The molecule has 0 aromatic heterocycles. The zero-order chi connectivity index (χ0) is 15.8. The fourth-order valence-electron chi connectivity index (χ4n) is 1.27. The highest BCUT2D eigenvalue weighted by Crippen LogP contribution is 2.28. The molecule has 21 heavy (non-hydrogen) atoms. The van der Waals surface area contributed by atoms with E-state index in [2.05, 4.69) is 10.1 Å². The number of carbonyl (C=O) groups is 3. The number of carbonyl (C=O) groups excluding carboxylic acids is 3. The number of hydrogen-bond acceptors (Lipinski definition) is 5. The molecule has 0 saturated heterocycles. The summed E-state index contributed by atoms with van der Waals surface area (Å²) in [6, 6.07) is 4.89. The first-order valence-corrected chi connectivity index (χ1v) is 6.54. The molecule has 1 aromatic rings. The van der Waals surface area contributed by atoms with Gasteiger partial charge >= 0.3 is 12.0 Å². The fraction of sp³-hybridized carbons (Fsp3) is 0.250. The van der Waals surface area contributed by atoms with Gasteiger partial charge in [-0.25, -0.2) is 9.59 Å². The molecule has 0 atom stereocenters. The summed E-state index contributed by atoms with van der Waals surface area (Å²) in [4.78, 5) is 33.9. The molecule has 114 valence electrons. The Hall–Kier alpha value is -2.16. The number of urea groups is 1. The van der Waals surface area contributed by atoms with E-state index in [0.717, 1.165) is 0 Å². The summed E-state index contributed by atoms with van der Waals surface area (Å²) >= 11 is 0.203. The molecular formula is C12H12F2N2O4S. The number of amides is 3. The van der Waals surface area contributed by atoms with Gasteiger partial charge < -0.3 is 10.1 Å². The topological polar surface area (TPSA) is 84.5 Å². The average Bonchev–Trinajstić information content (AvgIpc) is 2.44. The van der Waals surface area contributed by atoms with E-state index in [9.17, 15) is 23.2 Å². The number of nitrogens with one attached hydrogen (secondary N) is 2. The Balaban J connectivity index is 2.64. The van der Waals surface area contributed by atoms with E-state index in [-0.39, 0.29) is 22.2 Å². The van der Waals surface area contributed by atoms with Gasteiger partial charge in [0, 0.05) is 11.9 Å². The number of alkyl halides is 2. The first-order chi connectivity index (χ1) is 9.93. The predicted octanol–water partition coefficient (Wildman–Crippen LogP) is 1.61. The molecule has 0 fully saturated rings. The van der Waals surface area contributed by atoms with Crippen LogP contribution in [0.2, 0.25) is 0 Å². The van der Waals surface area contributed by atoms with Crippen LogP contribution in [-0.4, -0.2) is 37.3 Å². The molecule has 0 radical (unpaired) electrons. The lowest BCUT2D eigenvalue weighted by molar-refractivity contribution is -0.123. The van der Waals surface area contributed by atoms with Crippen LogP contribution in [0.25, 0.3) is 0 Å². The van der Waals surface area contributed by atoms with Gasteiger partial charge in [-0.3, -0.25) is 10.1 Å². The zero-order valence-electron chi connectivity index (χ0n) is 10.9. The maximum Gasteiger partial charge on any atom is 0.339 e. The molecule has 0 spiro atoms. The van der Waals surface area contributed by atoms with Gasteiger partial charge in [0.1, 0.15) is 0 Å². The lowest BCUT2D eigenvalue weighted by atomic mass is 10.2. The van der Waals surface area contributed by atoms with Crippen molar-refractivity contribution in [1.29, 1.82) is 0 Å². The highest BCUT2D eigenvalue weighted by atomic mass is 32.2. The first-order valence-electron chi connectivity index (χ1n) is 5.66. The van der Waals surface area contributed by atoms with Gasteiger partial charge in [-0.05, 0) is 12.1 Å². The highest BCUT2D eigenvalue weighted by molar-refractivity contribution is 7.99. The summed E-state index contributed by atoms with van der Waals surface area (Å²) < 4.78 is 29.4. The molecule has 6 nitrogen and oxygen atoms in total. The fourth-order valence-corrected chi connectivity index (χ4v) is 1.90. The van der Waals surface area contributed by atoms with E-state index < -0.39 is 30.3 Å². The van der Waals surface area contributed by atoms with Gasteiger partial charge in [0.25, 0.3) is 11.7 Å². The molecule has 1 aromatic carbocycles. The van der Waals surface area contributed by atoms with Gasteiger partial charge in [-0.1, -0.05) is 23.9 Å². The van der Waals surface area contributed by atoms with Crippen LogP contribution in [0.3, 0.4) is 0 Å². The molecule has 1 rings (SSSR count). The van der Waals surface area contributed by atoms with Gasteiger partial charge in [0.15, 0.2) is 6.61 Å². The van der Waals surface area contributed by atoms with Gasteiger partial charge in [0.05, 0.1) is 5.56 Å². The van der Waals surface area contributed by atoms with Gasteiger partial charge in [-0.2, -0.15) is 8.78 Å². The third kappa shape index (κ3) is 5.78. The zero-order valence-corrected chi connectivity index (χ0v) is 11.7. The van der Waals surface area contributed by atoms with Crippen molar-refractivity contribution in [3.8, 4) is 0 Å². The Kier molecular flexibility index (Phi) is 6.60. The van der Waals surface area contributed by atoms with Crippen molar-refractivity contribution in [3.05, 3.63) is 29.8 Å². The summed E-state index contributed by atoms with van der Waals surface area (Å²) in [6.07, 6.45) is 0. The second-order valence-electron chi connectivity index (χ2n) is 3.58. The van der Waals surface area contributed by atoms with Crippen LogP contribution in [0.15, 0.2) is 29.2 Å². The Morgan fingerprint density at radius 2 is 1.95 bits per heavy atom. The van der Waals surface area contributed by atoms with Crippen LogP contribution in [0.4, 0.5) is 13.6 Å². The van der Waals surface area contributed by atoms with Gasteiger partial charge in [0.2, 0.25) is 0 Å². The molecule has 9 heteroatoms. The monoisotopic (exact) mass is 318 g/mol. The molecule has 0 aliphatic rings. The molecular weight excluding hydrogens is 306 g/mol. The van der Waals surface area contributed by atoms with Crippen LogP contribution in [-0.2, 0) is 9.53 Å². The minimum Gasteiger partial charge on any atom is -0.452 e. The minimum absolute atomic E-state index is 0.0456. The number of ether oxygens (including phenoxy) is 1. The molecule has 0 aliphatic heterocycles. The third-order valence-corrected chi connectivity index (χ3v) is 2.93. The van der Waals surface area contributed by atoms with Crippen LogP contribution in [0.5, 0.6) is 0 Å². The van der Waals surface area contributed by atoms with Crippen LogP contribution in [0, 0.1) is 0 Å². The summed E-state index contributed by atoms with van der Waals surface area (Å²) in [6.45, 7) is -0.695. The van der Waals surface area contributed by atoms with Gasteiger partial charge in [-0.15, -0.1) is 0 Å². The quantitative estimate of drug-likeness (QED) is 0.636.